The Labute approximate surface area is 208 Å². The monoisotopic (exact) mass is 494 g/mol. The predicted molar refractivity (Wildman–Crippen MR) is 131 cm³/mol. The number of nitrogens with zero attached hydrogens (tertiary/aromatic N) is 2. The molecule has 0 radical (unpaired) electrons. The molecule has 2 aliphatic heterocycles. The highest BCUT2D eigenvalue weighted by Gasteiger charge is 2.47. The molecule has 3 unspecified atom stereocenters. The second-order valence-corrected chi connectivity index (χ2v) is 9.85. The van der Waals surface area contributed by atoms with Crippen LogP contribution in [-0.4, -0.2) is 52.2 Å². The summed E-state index contributed by atoms with van der Waals surface area (Å²) < 4.78 is 0. The zero-order chi connectivity index (χ0) is 24.5. The van der Waals surface area contributed by atoms with Gasteiger partial charge in [0.15, 0.2) is 0 Å². The van der Waals surface area contributed by atoms with Crippen LogP contribution >= 0.6 is 11.6 Å². The summed E-state index contributed by atoms with van der Waals surface area (Å²) in [7, 11) is 0. The zero-order valence-corrected chi connectivity index (χ0v) is 20.0. The molecule has 3 aliphatic rings. The number of hydrogen-bond acceptors (Lipinski definition) is 4. The summed E-state index contributed by atoms with van der Waals surface area (Å²) in [6, 6.07) is 13.0. The van der Waals surface area contributed by atoms with E-state index in [1.54, 1.807) is 53.4 Å². The molecule has 1 saturated carbocycles. The molecule has 2 N–H and O–H groups in total. The number of hydrogen-bond donors (Lipinski definition) is 2. The molecule has 0 spiro atoms. The summed E-state index contributed by atoms with van der Waals surface area (Å²) in [6.45, 7) is 0.122. The third kappa shape index (κ3) is 4.75. The van der Waals surface area contributed by atoms with Crippen molar-refractivity contribution in [2.75, 3.05) is 11.9 Å². The fourth-order valence-electron chi connectivity index (χ4n) is 5.53. The van der Waals surface area contributed by atoms with Gasteiger partial charge < -0.3 is 15.5 Å². The Morgan fingerprint density at radius 2 is 1.86 bits per heavy atom. The van der Waals surface area contributed by atoms with Crippen molar-refractivity contribution in [2.24, 2.45) is 5.92 Å². The van der Waals surface area contributed by atoms with E-state index < -0.39 is 12.1 Å². The Bertz CT molecular complexity index is 1170. The highest BCUT2D eigenvalue weighted by Crippen LogP contribution is 2.41. The molecule has 5 amide bonds. The number of nitrogens with one attached hydrogen (secondary N) is 2. The van der Waals surface area contributed by atoms with Crippen molar-refractivity contribution in [1.29, 1.82) is 0 Å². The van der Waals surface area contributed by atoms with Crippen LogP contribution in [0.5, 0.6) is 0 Å². The average molecular weight is 495 g/mol. The molecule has 2 aromatic rings. The van der Waals surface area contributed by atoms with Gasteiger partial charge in [-0.05, 0) is 61.1 Å². The van der Waals surface area contributed by atoms with Crippen molar-refractivity contribution in [3.63, 3.8) is 0 Å². The maximum atomic E-state index is 13.5. The van der Waals surface area contributed by atoms with Crippen LogP contribution in [0.2, 0.25) is 5.02 Å². The summed E-state index contributed by atoms with van der Waals surface area (Å²) in [5, 5.41) is 5.95. The minimum atomic E-state index is -0.579. The topological polar surface area (TPSA) is 98.8 Å². The van der Waals surface area contributed by atoms with E-state index in [4.69, 9.17) is 11.6 Å². The summed E-state index contributed by atoms with van der Waals surface area (Å²) in [4.78, 5) is 53.7. The minimum Gasteiger partial charge on any atom is -0.329 e. The molecular weight excluding hydrogens is 468 g/mol. The number of anilines is 1. The lowest BCUT2D eigenvalue weighted by Gasteiger charge is -2.33. The van der Waals surface area contributed by atoms with Crippen molar-refractivity contribution in [2.45, 2.75) is 50.7 Å². The van der Waals surface area contributed by atoms with Gasteiger partial charge in [0.1, 0.15) is 6.04 Å². The molecule has 2 heterocycles. The predicted octanol–water partition coefficient (Wildman–Crippen LogP) is 3.80. The van der Waals surface area contributed by atoms with Crippen LogP contribution in [-0.2, 0) is 16.1 Å². The SMILES string of the molecule is O=C(Nc1cccc(CN2C(=O)CNC2=O)c1)C1CC2CCCCC2N1C(=O)c1cccc(Cl)c1. The number of benzene rings is 2. The lowest BCUT2D eigenvalue weighted by molar-refractivity contribution is -0.125. The van der Waals surface area contributed by atoms with E-state index in [1.807, 2.05) is 0 Å². The second kappa shape index (κ2) is 9.70. The van der Waals surface area contributed by atoms with Crippen molar-refractivity contribution < 1.29 is 19.2 Å². The van der Waals surface area contributed by atoms with Crippen LogP contribution in [0.1, 0.15) is 48.0 Å². The Balaban J connectivity index is 1.35. The Kier molecular flexibility index (Phi) is 6.47. The summed E-state index contributed by atoms with van der Waals surface area (Å²) in [6.07, 6.45) is 4.68. The van der Waals surface area contributed by atoms with Crippen LogP contribution in [0.25, 0.3) is 0 Å². The normalized spacial score (nSPS) is 23.7. The maximum absolute atomic E-state index is 13.5. The number of imide groups is 1. The van der Waals surface area contributed by atoms with E-state index in [2.05, 4.69) is 10.6 Å². The highest BCUT2D eigenvalue weighted by atomic mass is 35.5. The fraction of sp³-hybridized carbons (Fsp3) is 0.385. The first-order valence-corrected chi connectivity index (χ1v) is 12.3. The average Bonchev–Trinajstić information content (AvgIpc) is 3.39. The van der Waals surface area contributed by atoms with Crippen molar-refractivity contribution in [3.05, 3.63) is 64.7 Å². The molecule has 1 aliphatic carbocycles. The molecule has 9 heteroatoms. The third-order valence-corrected chi connectivity index (χ3v) is 7.40. The van der Waals surface area contributed by atoms with Crippen LogP contribution in [0.4, 0.5) is 10.5 Å². The Morgan fingerprint density at radius 1 is 1.06 bits per heavy atom. The molecule has 0 bridgehead atoms. The van der Waals surface area contributed by atoms with Gasteiger partial charge in [-0.1, -0.05) is 42.6 Å². The molecule has 2 aromatic carbocycles. The van der Waals surface area contributed by atoms with Gasteiger partial charge in [0.05, 0.1) is 13.1 Å². The molecule has 5 rings (SSSR count). The van der Waals surface area contributed by atoms with Crippen LogP contribution in [0.3, 0.4) is 0 Å². The van der Waals surface area contributed by atoms with Crippen molar-refractivity contribution in [3.8, 4) is 0 Å². The molecule has 2 saturated heterocycles. The fourth-order valence-corrected chi connectivity index (χ4v) is 5.72. The number of carbonyl (C=O) groups excluding carboxylic acids is 4. The van der Waals surface area contributed by atoms with E-state index in [9.17, 15) is 19.2 Å². The number of rotatable bonds is 5. The van der Waals surface area contributed by atoms with Crippen LogP contribution < -0.4 is 10.6 Å². The van der Waals surface area contributed by atoms with E-state index in [0.717, 1.165) is 36.1 Å². The van der Waals surface area contributed by atoms with Gasteiger partial charge in [-0.15, -0.1) is 0 Å². The van der Waals surface area contributed by atoms with E-state index in [1.165, 1.54) is 0 Å². The number of urea groups is 1. The van der Waals surface area contributed by atoms with Crippen molar-refractivity contribution >= 4 is 41.0 Å². The number of amides is 5. The summed E-state index contributed by atoms with van der Waals surface area (Å²) in [5.41, 5.74) is 1.77. The van der Waals surface area contributed by atoms with Crippen LogP contribution in [0, 0.1) is 5.92 Å². The standard InChI is InChI=1S/C26H27ClN4O4/c27-19-8-4-7-18(12-19)25(34)31-21-10-2-1-6-17(21)13-22(31)24(33)29-20-9-3-5-16(11-20)15-30-23(32)14-28-26(30)35/h3-5,7-9,11-12,17,21-22H,1-2,6,10,13-15H2,(H,28,35)(H,29,33). The van der Waals surface area contributed by atoms with Gasteiger partial charge in [0.25, 0.3) is 5.91 Å². The minimum absolute atomic E-state index is 0.00420. The summed E-state index contributed by atoms with van der Waals surface area (Å²) >= 11 is 6.13. The maximum Gasteiger partial charge on any atom is 0.324 e. The smallest absolute Gasteiger partial charge is 0.324 e. The Morgan fingerprint density at radius 3 is 2.63 bits per heavy atom. The number of fused-ring (bicyclic) bond motifs is 1. The molecular formula is C26H27ClN4O4. The molecule has 3 fully saturated rings. The van der Waals surface area contributed by atoms with Gasteiger partial charge >= 0.3 is 6.03 Å². The van der Waals surface area contributed by atoms with Gasteiger partial charge in [0.2, 0.25) is 11.8 Å². The molecule has 8 nitrogen and oxygen atoms in total. The lowest BCUT2D eigenvalue weighted by atomic mass is 9.84. The van der Waals surface area contributed by atoms with Crippen LogP contribution in [0.15, 0.2) is 48.5 Å². The van der Waals surface area contributed by atoms with Crippen molar-refractivity contribution in [1.82, 2.24) is 15.1 Å². The molecule has 35 heavy (non-hydrogen) atoms. The second-order valence-electron chi connectivity index (χ2n) is 9.41. The largest absolute Gasteiger partial charge is 0.329 e. The molecule has 0 aromatic heterocycles. The number of likely N-dealkylation sites (tertiary alicyclic amines) is 1. The zero-order valence-electron chi connectivity index (χ0n) is 19.2. The van der Waals surface area contributed by atoms with Gasteiger partial charge in [-0.3, -0.25) is 19.3 Å². The van der Waals surface area contributed by atoms with E-state index in [0.29, 0.717) is 28.6 Å². The molecule has 182 valence electrons. The third-order valence-electron chi connectivity index (χ3n) is 7.17. The van der Waals surface area contributed by atoms with Gasteiger partial charge in [0, 0.05) is 22.3 Å². The van der Waals surface area contributed by atoms with E-state index >= 15 is 0 Å². The van der Waals surface area contributed by atoms with Gasteiger partial charge in [-0.2, -0.15) is 0 Å². The quantitative estimate of drug-likeness (QED) is 0.617. The number of carbonyl (C=O) groups is 4. The first-order chi connectivity index (χ1) is 16.9. The first-order valence-electron chi connectivity index (χ1n) is 12.0. The van der Waals surface area contributed by atoms with Gasteiger partial charge in [-0.25, -0.2) is 4.79 Å². The lowest BCUT2D eigenvalue weighted by Crippen LogP contribution is -2.47. The van der Waals surface area contributed by atoms with E-state index in [-0.39, 0.29) is 36.9 Å². The molecule has 3 atom stereocenters. The Hall–Kier alpha value is -3.39. The number of halogens is 1. The summed E-state index contributed by atoms with van der Waals surface area (Å²) in [5.74, 6) is -0.391. The highest BCUT2D eigenvalue weighted by molar-refractivity contribution is 6.31. The first kappa shape index (κ1) is 23.4.